The fourth-order valence-electron chi connectivity index (χ4n) is 1.03. The molecule has 0 saturated carbocycles. The molecule has 4 nitrogen and oxygen atoms in total. The maximum absolute atomic E-state index is 11.7. The normalized spacial score (nSPS) is 11.9. The first kappa shape index (κ1) is 15.3. The van der Waals surface area contributed by atoms with Gasteiger partial charge >= 0.3 is 0 Å². The third-order valence-electron chi connectivity index (χ3n) is 1.80. The first-order valence-electron chi connectivity index (χ1n) is 5.00. The number of thiophene rings is 1. The van der Waals surface area contributed by atoms with E-state index >= 15 is 0 Å². The van der Waals surface area contributed by atoms with E-state index in [4.69, 9.17) is 16.7 Å². The average molecular weight is 316 g/mol. The fourth-order valence-corrected chi connectivity index (χ4v) is 4.50. The molecule has 1 aromatic rings. The van der Waals surface area contributed by atoms with Gasteiger partial charge in [-0.15, -0.1) is 11.3 Å². The second-order valence-corrected chi connectivity index (χ2v) is 8.08. The van der Waals surface area contributed by atoms with Crippen LogP contribution in [0.15, 0.2) is 16.3 Å². The summed E-state index contributed by atoms with van der Waals surface area (Å²) in [6.07, 6.45) is 0.734. The molecule has 0 aromatic carbocycles. The summed E-state index contributed by atoms with van der Waals surface area (Å²) in [4.78, 5) is 0. The lowest BCUT2D eigenvalue weighted by atomic mass is 10.5. The van der Waals surface area contributed by atoms with Crippen molar-refractivity contribution in [3.63, 3.8) is 0 Å². The molecule has 17 heavy (non-hydrogen) atoms. The number of rotatable bonds is 8. The van der Waals surface area contributed by atoms with Gasteiger partial charge in [0.2, 0.25) is 10.0 Å². The monoisotopic (exact) mass is 315 g/mol. The van der Waals surface area contributed by atoms with E-state index in [-0.39, 0.29) is 10.8 Å². The van der Waals surface area contributed by atoms with Gasteiger partial charge < -0.3 is 5.11 Å². The molecule has 8 heteroatoms. The molecule has 0 aliphatic heterocycles. The van der Waals surface area contributed by atoms with Crippen LogP contribution in [0.4, 0.5) is 0 Å². The molecule has 0 aliphatic rings. The Labute approximate surface area is 114 Å². The van der Waals surface area contributed by atoms with Crippen molar-refractivity contribution in [3.05, 3.63) is 16.5 Å². The molecular formula is C9H14ClNO3S3. The standard InChI is InChI=1S/C9H14ClNO3S3/c10-8-2-3-9(16-8)17(13,14)11-4-7-15-6-1-5-12/h2-3,11-12H,1,4-7H2. The van der Waals surface area contributed by atoms with Gasteiger partial charge in [-0.1, -0.05) is 11.6 Å². The molecule has 0 spiro atoms. The minimum Gasteiger partial charge on any atom is -0.396 e. The second-order valence-electron chi connectivity index (χ2n) is 3.15. The molecule has 2 N–H and O–H groups in total. The van der Waals surface area contributed by atoms with Gasteiger partial charge in [0.25, 0.3) is 0 Å². The van der Waals surface area contributed by atoms with Crippen molar-refractivity contribution in [2.24, 2.45) is 0 Å². The largest absolute Gasteiger partial charge is 0.396 e. The Hall–Kier alpha value is 0.210. The maximum Gasteiger partial charge on any atom is 0.250 e. The van der Waals surface area contributed by atoms with Gasteiger partial charge in [0.05, 0.1) is 4.34 Å². The van der Waals surface area contributed by atoms with Gasteiger partial charge in [-0.2, -0.15) is 11.8 Å². The van der Waals surface area contributed by atoms with Gasteiger partial charge in [-0.05, 0) is 24.3 Å². The van der Waals surface area contributed by atoms with Gasteiger partial charge in [0.15, 0.2) is 0 Å². The van der Waals surface area contributed by atoms with E-state index in [1.54, 1.807) is 17.8 Å². The van der Waals surface area contributed by atoms with Crippen molar-refractivity contribution in [2.45, 2.75) is 10.6 Å². The molecule has 0 saturated heterocycles. The molecule has 1 heterocycles. The lowest BCUT2D eigenvalue weighted by molar-refractivity contribution is 0.296. The molecular weight excluding hydrogens is 302 g/mol. The van der Waals surface area contributed by atoms with Crippen LogP contribution in [-0.4, -0.2) is 38.2 Å². The molecule has 1 aromatic heterocycles. The zero-order valence-electron chi connectivity index (χ0n) is 9.06. The highest BCUT2D eigenvalue weighted by molar-refractivity contribution is 7.99. The number of hydrogen-bond acceptors (Lipinski definition) is 5. The van der Waals surface area contributed by atoms with Crippen molar-refractivity contribution in [3.8, 4) is 0 Å². The fraction of sp³-hybridized carbons (Fsp3) is 0.556. The second kappa shape index (κ2) is 7.60. The molecule has 98 valence electrons. The maximum atomic E-state index is 11.7. The van der Waals surface area contributed by atoms with Crippen LogP contribution in [0.5, 0.6) is 0 Å². The molecule has 1 rings (SSSR count). The van der Waals surface area contributed by atoms with Crippen molar-refractivity contribution >= 4 is 44.7 Å². The average Bonchev–Trinajstić information content (AvgIpc) is 2.71. The number of aliphatic hydroxyl groups excluding tert-OH is 1. The summed E-state index contributed by atoms with van der Waals surface area (Å²) in [5, 5.41) is 8.57. The molecule has 0 amide bonds. The summed E-state index contributed by atoms with van der Waals surface area (Å²) < 4.78 is 26.7. The molecule has 0 radical (unpaired) electrons. The topological polar surface area (TPSA) is 66.4 Å². The van der Waals surface area contributed by atoms with E-state index in [1.165, 1.54) is 6.07 Å². The molecule has 0 atom stereocenters. The molecule has 0 aliphatic carbocycles. The van der Waals surface area contributed by atoms with E-state index in [9.17, 15) is 8.42 Å². The number of hydrogen-bond donors (Lipinski definition) is 2. The third-order valence-corrected chi connectivity index (χ3v) is 6.05. The van der Waals surface area contributed by atoms with Crippen molar-refractivity contribution < 1.29 is 13.5 Å². The van der Waals surface area contributed by atoms with Gasteiger partial charge in [0, 0.05) is 18.9 Å². The predicted molar refractivity (Wildman–Crippen MR) is 73.5 cm³/mol. The number of halogens is 1. The van der Waals surface area contributed by atoms with E-state index in [1.807, 2.05) is 0 Å². The van der Waals surface area contributed by atoms with E-state index in [0.29, 0.717) is 16.6 Å². The molecule has 0 fully saturated rings. The minimum absolute atomic E-state index is 0.173. The number of nitrogens with one attached hydrogen (secondary N) is 1. The Balaban J connectivity index is 2.31. The Morgan fingerprint density at radius 2 is 2.18 bits per heavy atom. The highest BCUT2D eigenvalue weighted by atomic mass is 35.5. The Morgan fingerprint density at radius 3 is 2.76 bits per heavy atom. The lowest BCUT2D eigenvalue weighted by Crippen LogP contribution is -2.25. The zero-order chi connectivity index (χ0) is 12.7. The minimum atomic E-state index is -3.41. The van der Waals surface area contributed by atoms with Crippen molar-refractivity contribution in [1.29, 1.82) is 0 Å². The summed E-state index contributed by atoms with van der Waals surface area (Å²) >= 11 is 8.33. The van der Waals surface area contributed by atoms with Crippen LogP contribution in [0, 0.1) is 0 Å². The van der Waals surface area contributed by atoms with E-state index < -0.39 is 10.0 Å². The van der Waals surface area contributed by atoms with Crippen LogP contribution in [0.1, 0.15) is 6.42 Å². The van der Waals surface area contributed by atoms with Crippen LogP contribution in [0.2, 0.25) is 4.34 Å². The number of aliphatic hydroxyl groups is 1. The predicted octanol–water partition coefficient (Wildman–Crippen LogP) is 1.80. The summed E-state index contributed by atoms with van der Waals surface area (Å²) in [5.74, 6) is 1.53. The highest BCUT2D eigenvalue weighted by Crippen LogP contribution is 2.25. The zero-order valence-corrected chi connectivity index (χ0v) is 12.3. The van der Waals surface area contributed by atoms with Gasteiger partial charge in [-0.25, -0.2) is 13.1 Å². The first-order valence-corrected chi connectivity index (χ1v) is 8.83. The Kier molecular flexibility index (Phi) is 6.83. The summed E-state index contributed by atoms with van der Waals surface area (Å²) in [5.41, 5.74) is 0. The first-order chi connectivity index (χ1) is 8.06. The number of thioether (sulfide) groups is 1. The van der Waals surface area contributed by atoms with Crippen LogP contribution >= 0.6 is 34.7 Å². The summed E-state index contributed by atoms with van der Waals surface area (Å²) in [6.45, 7) is 0.556. The lowest BCUT2D eigenvalue weighted by Gasteiger charge is -2.04. The molecule has 0 unspecified atom stereocenters. The van der Waals surface area contributed by atoms with Crippen LogP contribution in [0.25, 0.3) is 0 Å². The summed E-state index contributed by atoms with van der Waals surface area (Å²) in [6, 6.07) is 3.06. The van der Waals surface area contributed by atoms with Crippen molar-refractivity contribution in [1.82, 2.24) is 4.72 Å². The number of sulfonamides is 1. The SMILES string of the molecule is O=S(=O)(NCCSCCCO)c1ccc(Cl)s1. The Morgan fingerprint density at radius 1 is 1.41 bits per heavy atom. The third kappa shape index (κ3) is 5.58. The van der Waals surface area contributed by atoms with E-state index in [2.05, 4.69) is 4.72 Å². The van der Waals surface area contributed by atoms with Gasteiger partial charge in [-0.3, -0.25) is 0 Å². The molecule has 0 bridgehead atoms. The quantitative estimate of drug-likeness (QED) is 0.718. The Bertz CT molecular complexity index is 432. The highest BCUT2D eigenvalue weighted by Gasteiger charge is 2.15. The smallest absolute Gasteiger partial charge is 0.250 e. The van der Waals surface area contributed by atoms with Gasteiger partial charge in [0.1, 0.15) is 4.21 Å². The summed E-state index contributed by atoms with van der Waals surface area (Å²) in [7, 11) is -3.41. The van der Waals surface area contributed by atoms with Crippen LogP contribution in [0.3, 0.4) is 0 Å². The van der Waals surface area contributed by atoms with Crippen LogP contribution < -0.4 is 4.72 Å². The van der Waals surface area contributed by atoms with E-state index in [0.717, 1.165) is 23.5 Å². The van der Waals surface area contributed by atoms with Crippen molar-refractivity contribution in [2.75, 3.05) is 24.7 Å². The van der Waals surface area contributed by atoms with Crippen LogP contribution in [-0.2, 0) is 10.0 Å².